The molecule has 0 aliphatic rings. The number of hydrogen-bond acceptors (Lipinski definition) is 6. The molecule has 0 saturated heterocycles. The van der Waals surface area contributed by atoms with E-state index < -0.39 is 28.4 Å². The molecular weight excluding hydrogens is 662 g/mol. The first kappa shape index (κ1) is 34.9. The van der Waals surface area contributed by atoms with Gasteiger partial charge < -0.3 is 22.5 Å². The van der Waals surface area contributed by atoms with Crippen molar-refractivity contribution in [1.29, 1.82) is 0 Å². The zero-order chi connectivity index (χ0) is 21.7. The molecule has 0 fully saturated rings. The zero-order valence-electron chi connectivity index (χ0n) is 17.0. The average molecular weight is 693 g/mol. The fourth-order valence-electron chi connectivity index (χ4n) is 1.86. The molecule has 31 heavy (non-hydrogen) atoms. The summed E-state index contributed by atoms with van der Waals surface area (Å²) in [7, 11) is 9.75. The normalized spacial score (nSPS) is 8.97. The number of halogens is 2. The summed E-state index contributed by atoms with van der Waals surface area (Å²) in [6, 6.07) is 20.0. The average Bonchev–Trinajstić information content (AvgIpc) is 2.71. The Balaban J connectivity index is -0.000000424. The van der Waals surface area contributed by atoms with Gasteiger partial charge in [0.2, 0.25) is 0 Å². The van der Waals surface area contributed by atoms with Crippen LogP contribution < -0.4 is 12.3 Å². The molecule has 2 rings (SSSR count). The third-order valence-corrected chi connectivity index (χ3v) is 5.29. The van der Waals surface area contributed by atoms with Gasteiger partial charge in [-0.2, -0.15) is 0 Å². The number of carbonyl (C=O) groups is 2. The number of hydrogen-bond donors (Lipinski definition) is 4. The number of carboxylic acid groups (broad SMARTS) is 2. The van der Waals surface area contributed by atoms with Crippen molar-refractivity contribution in [3.05, 3.63) is 60.7 Å². The first-order valence-electron chi connectivity index (χ1n) is 8.61. The first-order valence-corrected chi connectivity index (χ1v) is 16.2. The molecule has 0 amide bonds. The van der Waals surface area contributed by atoms with Crippen LogP contribution in [0.3, 0.4) is 0 Å². The van der Waals surface area contributed by atoms with Crippen LogP contribution in [-0.4, -0.2) is 33.7 Å². The molecule has 180 valence electrons. The SMILES string of the molecule is N.N.O=C(O)CCCSc1ccccc1.O=C(O)CCCSc1ccccc1.[Cl][Pt][Cl]. The van der Waals surface area contributed by atoms with Crippen LogP contribution in [-0.2, 0) is 26.1 Å². The second-order valence-electron chi connectivity index (χ2n) is 5.36. The molecule has 0 radical (unpaired) electrons. The Morgan fingerprint density at radius 1 is 0.710 bits per heavy atom. The van der Waals surface area contributed by atoms with E-state index in [1.807, 2.05) is 60.7 Å². The Morgan fingerprint density at radius 3 is 1.26 bits per heavy atom. The van der Waals surface area contributed by atoms with Gasteiger partial charge in [-0.25, -0.2) is 0 Å². The number of carboxylic acids is 2. The molecule has 0 heterocycles. The summed E-state index contributed by atoms with van der Waals surface area (Å²) in [6.45, 7) is 0. The molecule has 0 unspecified atom stereocenters. The predicted octanol–water partition coefficient (Wildman–Crippen LogP) is 6.99. The third kappa shape index (κ3) is 25.4. The fraction of sp³-hybridized carbons (Fsp3) is 0.300. The Bertz CT molecular complexity index is 617. The van der Waals surface area contributed by atoms with E-state index in [9.17, 15) is 9.59 Å². The van der Waals surface area contributed by atoms with Crippen molar-refractivity contribution in [3.8, 4) is 0 Å². The van der Waals surface area contributed by atoms with Crippen LogP contribution in [0.15, 0.2) is 70.5 Å². The minimum atomic E-state index is -0.714. The van der Waals surface area contributed by atoms with E-state index in [1.54, 1.807) is 23.5 Å². The number of benzene rings is 2. The summed E-state index contributed by atoms with van der Waals surface area (Å²) in [5.41, 5.74) is 0. The van der Waals surface area contributed by atoms with Gasteiger partial charge in [-0.1, -0.05) is 36.4 Å². The minimum absolute atomic E-state index is 0. The van der Waals surface area contributed by atoms with Gasteiger partial charge in [0.1, 0.15) is 0 Å². The monoisotopic (exact) mass is 691 g/mol. The molecule has 0 aliphatic carbocycles. The molecule has 0 bridgehead atoms. The Labute approximate surface area is 209 Å². The maximum absolute atomic E-state index is 10.2. The van der Waals surface area contributed by atoms with E-state index in [4.69, 9.17) is 29.0 Å². The van der Waals surface area contributed by atoms with Crippen LogP contribution in [0.2, 0.25) is 0 Å². The maximum atomic E-state index is 10.2. The van der Waals surface area contributed by atoms with Crippen molar-refractivity contribution in [2.75, 3.05) is 11.5 Å². The van der Waals surface area contributed by atoms with E-state index in [0.717, 1.165) is 24.3 Å². The molecule has 2 aromatic carbocycles. The van der Waals surface area contributed by atoms with Crippen LogP contribution in [0.1, 0.15) is 25.7 Å². The summed E-state index contributed by atoms with van der Waals surface area (Å²) in [4.78, 5) is 22.8. The van der Waals surface area contributed by atoms with Crippen LogP contribution in [0.4, 0.5) is 0 Å². The molecule has 6 nitrogen and oxygen atoms in total. The van der Waals surface area contributed by atoms with Gasteiger partial charge in [0.25, 0.3) is 0 Å². The summed E-state index contributed by atoms with van der Waals surface area (Å²) < 4.78 is 0. The van der Waals surface area contributed by atoms with Crippen molar-refractivity contribution in [2.24, 2.45) is 0 Å². The van der Waals surface area contributed by atoms with Crippen molar-refractivity contribution < 1.29 is 36.3 Å². The van der Waals surface area contributed by atoms with Gasteiger partial charge in [-0.3, -0.25) is 9.59 Å². The topological polar surface area (TPSA) is 145 Å². The summed E-state index contributed by atoms with van der Waals surface area (Å²) in [5.74, 6) is 0.314. The van der Waals surface area contributed by atoms with E-state index in [1.165, 1.54) is 9.79 Å². The van der Waals surface area contributed by atoms with Crippen molar-refractivity contribution in [3.63, 3.8) is 0 Å². The van der Waals surface area contributed by atoms with Gasteiger partial charge in [0, 0.05) is 22.6 Å². The predicted molar refractivity (Wildman–Crippen MR) is 130 cm³/mol. The Hall–Kier alpha value is -0.732. The van der Waals surface area contributed by atoms with Crippen LogP contribution in [0, 0.1) is 0 Å². The zero-order valence-corrected chi connectivity index (χ0v) is 22.4. The van der Waals surface area contributed by atoms with E-state index in [2.05, 4.69) is 0 Å². The van der Waals surface area contributed by atoms with Crippen molar-refractivity contribution in [2.45, 2.75) is 35.5 Å². The van der Waals surface area contributed by atoms with Gasteiger partial charge in [0.05, 0.1) is 0 Å². The van der Waals surface area contributed by atoms with Crippen molar-refractivity contribution in [1.82, 2.24) is 12.3 Å². The van der Waals surface area contributed by atoms with Gasteiger partial charge in [-0.15, -0.1) is 23.5 Å². The first-order chi connectivity index (χ1) is 14.0. The van der Waals surface area contributed by atoms with Crippen LogP contribution >= 0.6 is 42.4 Å². The second kappa shape index (κ2) is 25.5. The molecule has 11 heteroatoms. The number of rotatable bonds is 10. The summed E-state index contributed by atoms with van der Waals surface area (Å²) in [5, 5.41) is 16.8. The van der Waals surface area contributed by atoms with Gasteiger partial charge in [-0.05, 0) is 48.6 Å². The molecular formula is C20H30Cl2N2O4PtS2. The molecule has 0 aromatic heterocycles. The molecule has 0 atom stereocenters. The van der Waals surface area contributed by atoms with Gasteiger partial charge >= 0.3 is 47.3 Å². The van der Waals surface area contributed by atoms with E-state index in [-0.39, 0.29) is 25.1 Å². The second-order valence-corrected chi connectivity index (χ2v) is 11.0. The molecule has 2 aromatic rings. The molecule has 8 N–H and O–H groups in total. The van der Waals surface area contributed by atoms with Crippen molar-refractivity contribution >= 4 is 54.3 Å². The molecule has 0 spiro atoms. The van der Waals surface area contributed by atoms with Crippen LogP contribution in [0.5, 0.6) is 0 Å². The summed E-state index contributed by atoms with van der Waals surface area (Å²) >= 11 is 2.93. The third-order valence-electron chi connectivity index (χ3n) is 3.09. The quantitative estimate of drug-likeness (QED) is 0.154. The van der Waals surface area contributed by atoms with Gasteiger partial charge in [0.15, 0.2) is 0 Å². The summed E-state index contributed by atoms with van der Waals surface area (Å²) in [6.07, 6.45) is 1.99. The Morgan fingerprint density at radius 2 is 1.00 bits per heavy atom. The molecule has 0 aliphatic heterocycles. The number of aliphatic carboxylic acids is 2. The standard InChI is InChI=1S/2C10H12O2S.2ClH.2H3N.Pt/c2*11-10(12)7-4-8-13-9-5-2-1-3-6-9;;;;;/h2*1-3,5-6H,4,7-8H2,(H,11,12);2*1H;2*1H3;/q;;;;;;+2/p-2. The van der Waals surface area contributed by atoms with Crippen LogP contribution in [0.25, 0.3) is 0 Å². The fourth-order valence-corrected chi connectivity index (χ4v) is 3.61. The van der Waals surface area contributed by atoms with E-state index in [0.29, 0.717) is 0 Å². The molecule has 0 saturated carbocycles. The van der Waals surface area contributed by atoms with E-state index >= 15 is 0 Å². The number of thioether (sulfide) groups is 2. The Kier molecular flexibility index (Phi) is 28.7.